The first kappa shape index (κ1) is 35.6. The lowest BCUT2D eigenvalue weighted by molar-refractivity contribution is -0.275. The van der Waals surface area contributed by atoms with Crippen molar-refractivity contribution in [2.75, 3.05) is 13.2 Å². The number of hydrogen-bond acceptors (Lipinski definition) is 8. The van der Waals surface area contributed by atoms with E-state index in [1.54, 1.807) is 12.1 Å². The summed E-state index contributed by atoms with van der Waals surface area (Å²) < 4.78 is 106. The van der Waals surface area contributed by atoms with Gasteiger partial charge in [-0.15, -0.1) is 13.2 Å². The number of aliphatic carboxylic acids is 2. The fourth-order valence-electron chi connectivity index (χ4n) is 2.70. The number of sulfonamides is 1. The molecule has 2 rings (SSSR count). The van der Waals surface area contributed by atoms with E-state index in [1.165, 1.54) is 18.2 Å². The third kappa shape index (κ3) is 13.7. The van der Waals surface area contributed by atoms with Crippen LogP contribution in [0.2, 0.25) is 0 Å². The molecule has 0 heterocycles. The Morgan fingerprint density at radius 1 is 0.952 bits per heavy atom. The first-order valence-corrected chi connectivity index (χ1v) is 12.6. The van der Waals surface area contributed by atoms with Crippen LogP contribution in [0.5, 0.6) is 11.5 Å². The lowest BCUT2D eigenvalue weighted by Gasteiger charge is -2.17. The van der Waals surface area contributed by atoms with Gasteiger partial charge in [0.15, 0.2) is 0 Å². The van der Waals surface area contributed by atoms with Gasteiger partial charge in [0, 0.05) is 6.42 Å². The fourth-order valence-corrected chi connectivity index (χ4v) is 4.02. The molecule has 0 aliphatic heterocycles. The third-order valence-electron chi connectivity index (χ3n) is 4.38. The van der Waals surface area contributed by atoms with Gasteiger partial charge in [-0.25, -0.2) is 13.2 Å². The van der Waals surface area contributed by atoms with Crippen LogP contribution in [-0.4, -0.2) is 68.3 Å². The quantitative estimate of drug-likeness (QED) is 0.0708. The predicted molar refractivity (Wildman–Crippen MR) is 131 cm³/mol. The first-order valence-electron chi connectivity index (χ1n) is 11.1. The highest BCUT2D eigenvalue weighted by atomic mass is 32.2. The van der Waals surface area contributed by atoms with E-state index in [1.807, 2.05) is 4.72 Å². The molecule has 7 N–H and O–H groups in total. The van der Waals surface area contributed by atoms with Gasteiger partial charge in [-0.3, -0.25) is 4.79 Å². The van der Waals surface area contributed by atoms with Crippen molar-refractivity contribution in [2.24, 2.45) is 16.6 Å². The van der Waals surface area contributed by atoms with Crippen LogP contribution in [0.25, 0.3) is 0 Å². The average molecular weight is 635 g/mol. The number of carbonyl (C=O) groups is 2. The Bertz CT molecular complexity index is 1320. The highest BCUT2D eigenvalue weighted by molar-refractivity contribution is 7.89. The summed E-state index contributed by atoms with van der Waals surface area (Å²) in [5, 5.41) is 20.0. The number of benzene rings is 2. The molecule has 0 amide bonds. The number of nitrogens with one attached hydrogen (secondary N) is 1. The monoisotopic (exact) mass is 634 g/mol. The summed E-state index contributed by atoms with van der Waals surface area (Å²) in [5.41, 5.74) is 10.6. The predicted octanol–water partition coefficient (Wildman–Crippen LogP) is 2.17. The molecule has 0 aromatic heterocycles. The van der Waals surface area contributed by atoms with Crippen molar-refractivity contribution in [2.45, 2.75) is 36.3 Å². The van der Waals surface area contributed by atoms with E-state index in [9.17, 15) is 44.7 Å². The lowest BCUT2D eigenvalue weighted by Crippen LogP contribution is -2.42. The van der Waals surface area contributed by atoms with Crippen LogP contribution in [0, 0.1) is 0 Å². The van der Waals surface area contributed by atoms with Crippen molar-refractivity contribution in [3.63, 3.8) is 0 Å². The molecular formula is C22H24F6N4O9S. The van der Waals surface area contributed by atoms with Crippen molar-refractivity contribution < 1.29 is 68.9 Å². The van der Waals surface area contributed by atoms with Crippen LogP contribution in [0.4, 0.5) is 26.3 Å². The maximum absolute atomic E-state index is 12.7. The summed E-state index contributed by atoms with van der Waals surface area (Å²) in [6.07, 6.45) is -10.0. The number of alkyl halides is 6. The van der Waals surface area contributed by atoms with E-state index in [-0.39, 0.29) is 25.6 Å². The summed E-state index contributed by atoms with van der Waals surface area (Å²) in [4.78, 5) is 24.5. The molecule has 42 heavy (non-hydrogen) atoms. The van der Waals surface area contributed by atoms with E-state index in [0.29, 0.717) is 17.7 Å². The molecule has 0 radical (unpaired) electrons. The molecule has 0 saturated carbocycles. The molecule has 13 nitrogen and oxygen atoms in total. The minimum Gasteiger partial charge on any atom is -0.493 e. The number of carboxylic acids is 2. The first-order chi connectivity index (χ1) is 19.3. The lowest BCUT2D eigenvalue weighted by atomic mass is 10.1. The number of hydrogen-bond donors (Lipinski definition) is 5. The summed E-state index contributed by atoms with van der Waals surface area (Å²) in [5.74, 6) is -5.01. The van der Waals surface area contributed by atoms with Crippen molar-refractivity contribution in [3.8, 4) is 11.5 Å². The number of rotatable bonds is 13. The molecule has 0 saturated heterocycles. The van der Waals surface area contributed by atoms with E-state index >= 15 is 0 Å². The minimum atomic E-state index is -5.14. The molecule has 0 aliphatic rings. The van der Waals surface area contributed by atoms with E-state index < -0.39 is 51.2 Å². The zero-order chi connectivity index (χ0) is 32.1. The van der Waals surface area contributed by atoms with Crippen molar-refractivity contribution in [1.82, 2.24) is 4.72 Å². The minimum absolute atomic E-state index is 0.206. The number of nitrogens with two attached hydrogens (primary N) is 2. The van der Waals surface area contributed by atoms with Gasteiger partial charge in [0.25, 0.3) is 0 Å². The summed E-state index contributed by atoms with van der Waals surface area (Å²) in [7, 11) is -4.68. The molecule has 0 unspecified atom stereocenters. The number of para-hydroxylation sites is 1. The Hall–Kier alpha value is -4.46. The number of nitrogens with zero attached hydrogens (tertiary/aromatic N) is 1. The van der Waals surface area contributed by atoms with Gasteiger partial charge in [0.05, 0.1) is 6.61 Å². The standard InChI is InChI=1S/C20H23F3N4O7S.C2HF3O2/c21-20(22,23)34-16-4-1-2-5-17(16)35(30,31)27-15(18(28)29)12-13-6-8-14(9-7-13)32-10-3-11-33-26-19(24)25;3-2(4,5)1(6)7/h1-2,4-9,15,27H,3,10-12H2,(H,28,29)(H4,24,25,26);(H,6,7)/t15-;/m0./s1. The Morgan fingerprint density at radius 2 is 1.52 bits per heavy atom. The second-order valence-electron chi connectivity index (χ2n) is 7.71. The van der Waals surface area contributed by atoms with Crippen molar-refractivity contribution in [3.05, 3.63) is 54.1 Å². The van der Waals surface area contributed by atoms with Crippen LogP contribution in [0.15, 0.2) is 58.6 Å². The SMILES string of the molecule is NC(N)=NOCCCOc1ccc(C[C@H](NS(=O)(=O)c2ccccc2OC(F)(F)F)C(=O)O)cc1.O=C(O)C(F)(F)F. The van der Waals surface area contributed by atoms with Crippen molar-refractivity contribution in [1.29, 1.82) is 0 Å². The zero-order valence-corrected chi connectivity index (χ0v) is 21.9. The summed E-state index contributed by atoms with van der Waals surface area (Å²) in [6, 6.07) is 8.48. The summed E-state index contributed by atoms with van der Waals surface area (Å²) in [6.45, 7) is 0.490. The second-order valence-corrected chi connectivity index (χ2v) is 9.39. The van der Waals surface area contributed by atoms with Crippen LogP contribution in [0.1, 0.15) is 12.0 Å². The van der Waals surface area contributed by atoms with Gasteiger partial charge in [-0.2, -0.15) is 17.9 Å². The van der Waals surface area contributed by atoms with Crippen LogP contribution < -0.4 is 25.7 Å². The number of carboxylic acid groups (broad SMARTS) is 2. The van der Waals surface area contributed by atoms with E-state index in [2.05, 4.69) is 9.89 Å². The number of oxime groups is 1. The fraction of sp³-hybridized carbons (Fsp3) is 0.318. The Balaban J connectivity index is 0.00000112. The summed E-state index contributed by atoms with van der Waals surface area (Å²) >= 11 is 0. The smallest absolute Gasteiger partial charge is 0.493 e. The molecule has 234 valence electrons. The molecule has 20 heteroatoms. The average Bonchev–Trinajstić information content (AvgIpc) is 2.85. The number of guanidine groups is 1. The molecule has 1 atom stereocenters. The molecular weight excluding hydrogens is 610 g/mol. The molecule has 0 aliphatic carbocycles. The van der Waals surface area contributed by atoms with Crippen molar-refractivity contribution >= 4 is 27.9 Å². The molecule has 0 spiro atoms. The maximum Gasteiger partial charge on any atom is 0.573 e. The Labute approximate surface area is 233 Å². The number of ether oxygens (including phenoxy) is 2. The van der Waals surface area contributed by atoms with Crippen LogP contribution >= 0.6 is 0 Å². The van der Waals surface area contributed by atoms with Gasteiger partial charge >= 0.3 is 24.5 Å². The highest BCUT2D eigenvalue weighted by Gasteiger charge is 2.38. The number of halogens is 6. The van der Waals surface area contributed by atoms with Gasteiger partial charge in [-0.1, -0.05) is 24.3 Å². The normalized spacial score (nSPS) is 12.2. The van der Waals surface area contributed by atoms with Gasteiger partial charge in [-0.05, 0) is 41.4 Å². The van der Waals surface area contributed by atoms with Crippen LogP contribution in [0.3, 0.4) is 0 Å². The zero-order valence-electron chi connectivity index (χ0n) is 21.1. The molecule has 0 fully saturated rings. The maximum atomic E-state index is 12.7. The third-order valence-corrected chi connectivity index (χ3v) is 5.90. The molecule has 2 aromatic carbocycles. The topological polar surface area (TPSA) is 213 Å². The van der Waals surface area contributed by atoms with E-state index in [0.717, 1.165) is 18.2 Å². The molecule has 0 bridgehead atoms. The second kappa shape index (κ2) is 15.5. The van der Waals surface area contributed by atoms with Gasteiger partial charge < -0.3 is 36.0 Å². The van der Waals surface area contributed by atoms with Crippen LogP contribution in [-0.2, 0) is 30.9 Å². The van der Waals surface area contributed by atoms with Gasteiger partial charge in [0.1, 0.15) is 29.0 Å². The Kier molecular flexibility index (Phi) is 13.1. The van der Waals surface area contributed by atoms with E-state index in [4.69, 9.17) is 30.9 Å². The Morgan fingerprint density at radius 3 is 2.02 bits per heavy atom. The molecule has 2 aromatic rings. The van der Waals surface area contributed by atoms with Gasteiger partial charge in [0.2, 0.25) is 16.0 Å². The largest absolute Gasteiger partial charge is 0.573 e. The highest BCUT2D eigenvalue weighted by Crippen LogP contribution is 2.29.